The van der Waals surface area contributed by atoms with E-state index in [0.717, 1.165) is 37.8 Å². The van der Waals surface area contributed by atoms with Crippen LogP contribution in [0.4, 0.5) is 0 Å². The summed E-state index contributed by atoms with van der Waals surface area (Å²) in [4.78, 5) is 0. The highest BCUT2D eigenvalue weighted by Gasteiger charge is 2.39. The number of aromatic nitrogens is 2. The van der Waals surface area contributed by atoms with Crippen molar-refractivity contribution >= 4 is 0 Å². The van der Waals surface area contributed by atoms with Crippen molar-refractivity contribution in [3.05, 3.63) is 11.9 Å². The first kappa shape index (κ1) is 13.4. The normalized spacial score (nSPS) is 27.8. The Balaban J connectivity index is 2.33. The van der Waals surface area contributed by atoms with Crippen LogP contribution >= 0.6 is 0 Å². The van der Waals surface area contributed by atoms with Crippen LogP contribution in [-0.4, -0.2) is 22.0 Å². The molecule has 4 nitrogen and oxygen atoms in total. The Morgan fingerprint density at radius 3 is 2.67 bits per heavy atom. The lowest BCUT2D eigenvalue weighted by molar-refractivity contribution is 0.00808. The number of ether oxygens (including phenoxy) is 1. The number of rotatable bonds is 2. The van der Waals surface area contributed by atoms with Gasteiger partial charge in [0.1, 0.15) is 11.3 Å². The van der Waals surface area contributed by atoms with Gasteiger partial charge in [-0.2, -0.15) is 5.10 Å². The van der Waals surface area contributed by atoms with Crippen molar-refractivity contribution in [2.45, 2.75) is 51.6 Å². The van der Waals surface area contributed by atoms with Crippen molar-refractivity contribution in [3.8, 4) is 5.75 Å². The lowest BCUT2D eigenvalue weighted by Crippen LogP contribution is -2.28. The van der Waals surface area contributed by atoms with Crippen LogP contribution in [-0.2, 0) is 12.6 Å². The summed E-state index contributed by atoms with van der Waals surface area (Å²) in [6.45, 7) is 4.55. The highest BCUT2D eigenvalue weighted by Crippen LogP contribution is 2.44. The highest BCUT2D eigenvalue weighted by molar-refractivity contribution is 5.31. The summed E-state index contributed by atoms with van der Waals surface area (Å²) in [5.41, 5.74) is 0.336. The Morgan fingerprint density at radius 1 is 1.28 bits per heavy atom. The molecule has 0 spiro atoms. The van der Waals surface area contributed by atoms with E-state index in [0.29, 0.717) is 11.2 Å². The summed E-state index contributed by atoms with van der Waals surface area (Å²) in [7, 11) is 3.50. The first-order valence-corrected chi connectivity index (χ1v) is 6.67. The van der Waals surface area contributed by atoms with E-state index in [-0.39, 0.29) is 0 Å². The molecule has 0 bridgehead atoms. The van der Waals surface area contributed by atoms with E-state index < -0.39 is 5.60 Å². The van der Waals surface area contributed by atoms with E-state index in [4.69, 9.17) is 4.74 Å². The first-order valence-electron chi connectivity index (χ1n) is 6.67. The van der Waals surface area contributed by atoms with Gasteiger partial charge < -0.3 is 9.84 Å². The second-order valence-corrected chi connectivity index (χ2v) is 6.23. The van der Waals surface area contributed by atoms with Gasteiger partial charge >= 0.3 is 0 Å². The van der Waals surface area contributed by atoms with Crippen LogP contribution in [0.5, 0.6) is 5.75 Å². The maximum absolute atomic E-state index is 11.0. The van der Waals surface area contributed by atoms with Gasteiger partial charge in [0.05, 0.1) is 13.3 Å². The van der Waals surface area contributed by atoms with Crippen LogP contribution in [0.2, 0.25) is 0 Å². The zero-order valence-electron chi connectivity index (χ0n) is 11.9. The minimum atomic E-state index is -0.801. The first-order chi connectivity index (χ1) is 8.38. The van der Waals surface area contributed by atoms with Gasteiger partial charge in [-0.3, -0.25) is 4.68 Å². The predicted octanol–water partition coefficient (Wildman–Crippen LogP) is 2.61. The maximum atomic E-state index is 11.0. The van der Waals surface area contributed by atoms with Crippen LogP contribution in [0.15, 0.2) is 6.20 Å². The second-order valence-electron chi connectivity index (χ2n) is 6.23. The third-order valence-corrected chi connectivity index (χ3v) is 4.23. The van der Waals surface area contributed by atoms with Gasteiger partial charge in [0, 0.05) is 7.05 Å². The molecule has 0 aromatic carbocycles. The average Bonchev–Trinajstić information content (AvgIpc) is 2.62. The number of nitrogens with zero attached hydrogens (tertiary/aromatic N) is 2. The molecule has 4 heteroatoms. The minimum absolute atomic E-state index is 0.316. The van der Waals surface area contributed by atoms with Crippen LogP contribution in [0.3, 0.4) is 0 Å². The largest absolute Gasteiger partial charge is 0.493 e. The molecular weight excluding hydrogens is 228 g/mol. The molecule has 1 unspecified atom stereocenters. The van der Waals surface area contributed by atoms with Crippen molar-refractivity contribution in [1.82, 2.24) is 9.78 Å². The van der Waals surface area contributed by atoms with Crippen LogP contribution < -0.4 is 4.74 Å². The standard InChI is InChI=1S/C14H24N2O2/c1-13(2)6-5-7-14(17,9-8-13)12-11(18-4)10-15-16(12)3/h10,17H,5-9H2,1-4H3. The molecule has 102 valence electrons. The third-order valence-electron chi connectivity index (χ3n) is 4.23. The molecule has 1 fully saturated rings. The molecule has 1 N–H and O–H groups in total. The van der Waals surface area contributed by atoms with E-state index in [1.165, 1.54) is 0 Å². The monoisotopic (exact) mass is 252 g/mol. The van der Waals surface area contributed by atoms with Gasteiger partial charge in [-0.15, -0.1) is 0 Å². The van der Waals surface area contributed by atoms with E-state index >= 15 is 0 Å². The molecule has 0 radical (unpaired) electrons. The Morgan fingerprint density at radius 2 is 2.00 bits per heavy atom. The molecule has 1 aromatic rings. The molecule has 1 heterocycles. The fourth-order valence-corrected chi connectivity index (χ4v) is 2.99. The van der Waals surface area contributed by atoms with Crippen LogP contribution in [0, 0.1) is 5.41 Å². The number of methoxy groups -OCH3 is 1. The third kappa shape index (κ3) is 2.39. The maximum Gasteiger partial charge on any atom is 0.162 e. The van der Waals surface area contributed by atoms with Gasteiger partial charge in [-0.1, -0.05) is 13.8 Å². The van der Waals surface area contributed by atoms with E-state index in [2.05, 4.69) is 18.9 Å². The van der Waals surface area contributed by atoms with E-state index in [9.17, 15) is 5.11 Å². The lowest BCUT2D eigenvalue weighted by atomic mass is 9.83. The Bertz CT molecular complexity index is 425. The molecule has 2 rings (SSSR count). The average molecular weight is 252 g/mol. The van der Waals surface area contributed by atoms with Crippen molar-refractivity contribution in [2.24, 2.45) is 12.5 Å². The van der Waals surface area contributed by atoms with Gasteiger partial charge in [0.15, 0.2) is 5.75 Å². The van der Waals surface area contributed by atoms with Gasteiger partial charge in [0.2, 0.25) is 0 Å². The fraction of sp³-hybridized carbons (Fsp3) is 0.786. The van der Waals surface area contributed by atoms with Crippen LogP contribution in [0.1, 0.15) is 51.6 Å². The highest BCUT2D eigenvalue weighted by atomic mass is 16.5. The molecule has 18 heavy (non-hydrogen) atoms. The van der Waals surface area contributed by atoms with Gasteiger partial charge in [-0.25, -0.2) is 0 Å². The van der Waals surface area contributed by atoms with Gasteiger partial charge in [-0.05, 0) is 37.5 Å². The van der Waals surface area contributed by atoms with Crippen molar-refractivity contribution in [1.29, 1.82) is 0 Å². The summed E-state index contributed by atoms with van der Waals surface area (Å²) in [6.07, 6.45) is 6.47. The number of hydrogen-bond acceptors (Lipinski definition) is 3. The molecule has 1 saturated carbocycles. The Kier molecular flexibility index (Phi) is 3.41. The van der Waals surface area contributed by atoms with Crippen molar-refractivity contribution in [3.63, 3.8) is 0 Å². The van der Waals surface area contributed by atoms with Crippen LogP contribution in [0.25, 0.3) is 0 Å². The molecule has 0 aliphatic heterocycles. The van der Waals surface area contributed by atoms with E-state index in [1.54, 1.807) is 18.0 Å². The molecule has 1 aliphatic carbocycles. The van der Waals surface area contributed by atoms with Gasteiger partial charge in [0.25, 0.3) is 0 Å². The Hall–Kier alpha value is -1.03. The summed E-state index contributed by atoms with van der Waals surface area (Å²) >= 11 is 0. The SMILES string of the molecule is COc1cnn(C)c1C1(O)CCCC(C)(C)CC1. The van der Waals surface area contributed by atoms with Crippen molar-refractivity contribution < 1.29 is 9.84 Å². The summed E-state index contributed by atoms with van der Waals surface area (Å²) in [6, 6.07) is 0. The molecular formula is C14H24N2O2. The predicted molar refractivity (Wildman–Crippen MR) is 70.5 cm³/mol. The number of aliphatic hydroxyl groups is 1. The molecule has 1 aliphatic rings. The molecule has 0 saturated heterocycles. The minimum Gasteiger partial charge on any atom is -0.493 e. The smallest absolute Gasteiger partial charge is 0.162 e. The molecule has 1 aromatic heterocycles. The summed E-state index contributed by atoms with van der Waals surface area (Å²) in [5.74, 6) is 0.694. The summed E-state index contributed by atoms with van der Waals surface area (Å²) in [5, 5.41) is 15.2. The molecule has 1 atom stereocenters. The molecule has 0 amide bonds. The second kappa shape index (κ2) is 4.57. The lowest BCUT2D eigenvalue weighted by Gasteiger charge is -2.28. The number of aryl methyl sites for hydroxylation is 1. The zero-order chi connectivity index (χ0) is 13.4. The quantitative estimate of drug-likeness (QED) is 0.823. The van der Waals surface area contributed by atoms with Crippen molar-refractivity contribution in [2.75, 3.05) is 7.11 Å². The zero-order valence-corrected chi connectivity index (χ0v) is 11.9. The number of hydrogen-bond donors (Lipinski definition) is 1. The van der Waals surface area contributed by atoms with E-state index in [1.807, 2.05) is 7.05 Å². The summed E-state index contributed by atoms with van der Waals surface area (Å²) < 4.78 is 7.08. The fourth-order valence-electron chi connectivity index (χ4n) is 2.99. The topological polar surface area (TPSA) is 47.3 Å². The Labute approximate surface area is 109 Å².